The fourth-order valence-electron chi connectivity index (χ4n) is 2.63. The van der Waals surface area contributed by atoms with Crippen molar-refractivity contribution in [3.05, 3.63) is 50.3 Å². The van der Waals surface area contributed by atoms with Gasteiger partial charge in [0, 0.05) is 18.0 Å². The predicted molar refractivity (Wildman–Crippen MR) is 105 cm³/mol. The Balaban J connectivity index is 1.77. The first kappa shape index (κ1) is 16.7. The number of aryl methyl sites for hydroxylation is 1. The van der Waals surface area contributed by atoms with Crippen molar-refractivity contribution in [2.24, 2.45) is 10.1 Å². The van der Waals surface area contributed by atoms with Gasteiger partial charge in [0.25, 0.3) is 5.91 Å². The van der Waals surface area contributed by atoms with E-state index in [4.69, 9.17) is 4.74 Å². The fourth-order valence-corrected chi connectivity index (χ4v) is 4.21. The van der Waals surface area contributed by atoms with Crippen molar-refractivity contribution in [2.45, 2.75) is 6.92 Å². The minimum atomic E-state index is -0.150. The van der Waals surface area contributed by atoms with E-state index in [1.165, 1.54) is 16.9 Å². The standard InChI is InChI=1S/C18H16N4O2S2/c1-11-5-6-25-16(11)8-20-22-14(10-26-18(22)19-2)12-3-4-15-13(7-12)21-17(23)9-24-15/h3-8,10H,9H2,1-2H3,(H,21,23)/b19-18?,20-8-. The first-order chi connectivity index (χ1) is 12.7. The number of carbonyl (C=O) groups is 1. The number of aromatic nitrogens is 1. The molecule has 0 saturated carbocycles. The SMILES string of the molecule is CN=c1scc(-c2ccc3c(c2)NC(=O)CO3)n1/N=C\c1sccc1C. The van der Waals surface area contributed by atoms with Gasteiger partial charge in [0.05, 0.1) is 22.5 Å². The molecule has 8 heteroatoms. The van der Waals surface area contributed by atoms with Crippen LogP contribution in [0.4, 0.5) is 5.69 Å². The summed E-state index contributed by atoms with van der Waals surface area (Å²) in [4.78, 5) is 17.8. The molecule has 4 rings (SSSR count). The maximum atomic E-state index is 11.6. The number of nitrogens with zero attached hydrogens (tertiary/aromatic N) is 3. The molecule has 1 aliphatic heterocycles. The average Bonchev–Trinajstić information content (AvgIpc) is 3.24. The third-order valence-corrected chi connectivity index (χ3v) is 5.84. The summed E-state index contributed by atoms with van der Waals surface area (Å²) in [5, 5.41) is 11.5. The Hall–Kier alpha value is -2.71. The molecule has 0 unspecified atom stereocenters. The number of carbonyl (C=O) groups excluding carboxylic acids is 1. The van der Waals surface area contributed by atoms with Crippen LogP contribution in [0, 0.1) is 6.92 Å². The molecule has 132 valence electrons. The molecule has 1 amide bonds. The molecular formula is C18H16N4O2S2. The number of benzene rings is 1. The molecule has 0 fully saturated rings. The van der Waals surface area contributed by atoms with Crippen LogP contribution in [0.1, 0.15) is 10.4 Å². The average molecular weight is 384 g/mol. The predicted octanol–water partition coefficient (Wildman–Crippen LogP) is 3.33. The van der Waals surface area contributed by atoms with Gasteiger partial charge in [0.15, 0.2) is 6.61 Å². The van der Waals surface area contributed by atoms with E-state index in [1.807, 2.05) is 39.8 Å². The van der Waals surface area contributed by atoms with Gasteiger partial charge in [-0.15, -0.1) is 22.7 Å². The van der Waals surface area contributed by atoms with Crippen LogP contribution in [0.5, 0.6) is 5.75 Å². The second kappa shape index (κ2) is 6.89. The van der Waals surface area contributed by atoms with Crippen LogP contribution < -0.4 is 14.9 Å². The zero-order valence-electron chi connectivity index (χ0n) is 14.2. The molecule has 1 aliphatic rings. The third-order valence-electron chi connectivity index (χ3n) is 3.98. The lowest BCUT2D eigenvalue weighted by atomic mass is 10.1. The Kier molecular flexibility index (Phi) is 4.44. The Morgan fingerprint density at radius 3 is 2.96 bits per heavy atom. The Morgan fingerprint density at radius 1 is 1.31 bits per heavy atom. The molecule has 0 saturated heterocycles. The van der Waals surface area contributed by atoms with E-state index in [-0.39, 0.29) is 12.5 Å². The molecule has 0 aliphatic carbocycles. The van der Waals surface area contributed by atoms with Crippen LogP contribution in [0.15, 0.2) is 45.1 Å². The number of thiazole rings is 1. The van der Waals surface area contributed by atoms with Gasteiger partial charge in [-0.3, -0.25) is 9.79 Å². The van der Waals surface area contributed by atoms with Crippen molar-refractivity contribution < 1.29 is 9.53 Å². The zero-order chi connectivity index (χ0) is 18.1. The maximum Gasteiger partial charge on any atom is 0.262 e. The summed E-state index contributed by atoms with van der Waals surface area (Å²) >= 11 is 3.17. The van der Waals surface area contributed by atoms with Crippen LogP contribution in [0.3, 0.4) is 0 Å². The van der Waals surface area contributed by atoms with E-state index in [2.05, 4.69) is 28.4 Å². The molecule has 0 bridgehead atoms. The number of amides is 1. The Bertz CT molecular complexity index is 1080. The maximum absolute atomic E-state index is 11.6. The molecule has 1 N–H and O–H groups in total. The van der Waals surface area contributed by atoms with Crippen molar-refractivity contribution >= 4 is 40.5 Å². The lowest BCUT2D eigenvalue weighted by Gasteiger charge is -2.18. The van der Waals surface area contributed by atoms with E-state index >= 15 is 0 Å². The number of anilines is 1. The summed E-state index contributed by atoms with van der Waals surface area (Å²) in [6, 6.07) is 7.79. The van der Waals surface area contributed by atoms with Gasteiger partial charge in [-0.05, 0) is 42.1 Å². The monoisotopic (exact) mass is 384 g/mol. The second-order valence-electron chi connectivity index (χ2n) is 5.70. The summed E-state index contributed by atoms with van der Waals surface area (Å²) in [7, 11) is 1.75. The van der Waals surface area contributed by atoms with E-state index in [9.17, 15) is 4.79 Å². The van der Waals surface area contributed by atoms with Gasteiger partial charge < -0.3 is 10.1 Å². The number of nitrogens with one attached hydrogen (secondary N) is 1. The summed E-state index contributed by atoms with van der Waals surface area (Å²) in [5.41, 5.74) is 3.70. The van der Waals surface area contributed by atoms with E-state index in [1.54, 1.807) is 18.4 Å². The van der Waals surface area contributed by atoms with Crippen molar-refractivity contribution in [2.75, 3.05) is 19.0 Å². The number of fused-ring (bicyclic) bond motifs is 1. The smallest absolute Gasteiger partial charge is 0.262 e. The van der Waals surface area contributed by atoms with Crippen LogP contribution >= 0.6 is 22.7 Å². The quantitative estimate of drug-likeness (QED) is 0.704. The normalized spacial score (nSPS) is 14.4. The lowest BCUT2D eigenvalue weighted by molar-refractivity contribution is -0.118. The summed E-state index contributed by atoms with van der Waals surface area (Å²) in [6.45, 7) is 2.11. The highest BCUT2D eigenvalue weighted by Gasteiger charge is 2.17. The molecular weight excluding hydrogens is 368 g/mol. The molecule has 3 heterocycles. The molecule has 2 aromatic heterocycles. The largest absolute Gasteiger partial charge is 0.482 e. The number of hydrogen-bond acceptors (Lipinski definition) is 6. The van der Waals surface area contributed by atoms with Gasteiger partial charge in [-0.25, -0.2) is 4.68 Å². The number of rotatable bonds is 3. The molecule has 1 aromatic carbocycles. The van der Waals surface area contributed by atoms with Crippen LogP contribution in [-0.4, -0.2) is 30.5 Å². The minimum Gasteiger partial charge on any atom is -0.482 e. The van der Waals surface area contributed by atoms with Gasteiger partial charge in [-0.2, -0.15) is 5.10 Å². The third kappa shape index (κ3) is 3.09. The summed E-state index contributed by atoms with van der Waals surface area (Å²) in [6.07, 6.45) is 1.86. The first-order valence-electron chi connectivity index (χ1n) is 7.94. The van der Waals surface area contributed by atoms with Crippen LogP contribution in [0.2, 0.25) is 0 Å². The first-order valence-corrected chi connectivity index (χ1v) is 9.70. The molecule has 0 atom stereocenters. The van der Waals surface area contributed by atoms with E-state index in [0.717, 1.165) is 20.9 Å². The fraction of sp³-hybridized carbons (Fsp3) is 0.167. The second-order valence-corrected chi connectivity index (χ2v) is 7.48. The number of ether oxygens (including phenoxy) is 1. The Morgan fingerprint density at radius 2 is 2.19 bits per heavy atom. The lowest BCUT2D eigenvalue weighted by Crippen LogP contribution is -2.25. The summed E-state index contributed by atoms with van der Waals surface area (Å²) in [5.74, 6) is 0.525. The van der Waals surface area contributed by atoms with Gasteiger partial charge >= 0.3 is 0 Å². The Labute approximate surface area is 158 Å². The molecule has 0 radical (unpaired) electrons. The van der Waals surface area contributed by atoms with Crippen molar-refractivity contribution in [1.29, 1.82) is 0 Å². The van der Waals surface area contributed by atoms with Gasteiger partial charge in [-0.1, -0.05) is 0 Å². The number of hydrogen-bond donors (Lipinski definition) is 1. The van der Waals surface area contributed by atoms with Crippen LogP contribution in [-0.2, 0) is 4.79 Å². The number of thiophene rings is 1. The minimum absolute atomic E-state index is 0.0497. The van der Waals surface area contributed by atoms with E-state index in [0.29, 0.717) is 11.4 Å². The van der Waals surface area contributed by atoms with Crippen LogP contribution in [0.25, 0.3) is 11.3 Å². The van der Waals surface area contributed by atoms with Gasteiger partial charge in [0.2, 0.25) is 4.80 Å². The van der Waals surface area contributed by atoms with Crippen molar-refractivity contribution in [3.8, 4) is 17.0 Å². The highest BCUT2D eigenvalue weighted by Crippen LogP contribution is 2.32. The molecule has 26 heavy (non-hydrogen) atoms. The molecule has 6 nitrogen and oxygen atoms in total. The molecule has 0 spiro atoms. The van der Waals surface area contributed by atoms with Gasteiger partial charge in [0.1, 0.15) is 5.75 Å². The topological polar surface area (TPSA) is 68.0 Å². The van der Waals surface area contributed by atoms with Crippen molar-refractivity contribution in [3.63, 3.8) is 0 Å². The summed E-state index contributed by atoms with van der Waals surface area (Å²) < 4.78 is 7.25. The van der Waals surface area contributed by atoms with Crippen molar-refractivity contribution in [1.82, 2.24) is 4.68 Å². The zero-order valence-corrected chi connectivity index (χ0v) is 15.9. The molecule has 3 aromatic rings. The highest BCUT2D eigenvalue weighted by molar-refractivity contribution is 7.11. The van der Waals surface area contributed by atoms with E-state index < -0.39 is 0 Å². The highest BCUT2D eigenvalue weighted by atomic mass is 32.1.